The van der Waals surface area contributed by atoms with Gasteiger partial charge in [0.25, 0.3) is 0 Å². The number of sulfonamides is 1. The molecule has 1 saturated heterocycles. The molecule has 0 aliphatic carbocycles. The Kier molecular flexibility index (Phi) is 6.61. The number of hydrogen-bond acceptors (Lipinski definition) is 4. The average Bonchev–Trinajstić information content (AvgIpc) is 2.37. The number of nitriles is 1. The van der Waals surface area contributed by atoms with E-state index < -0.39 is 10.0 Å². The molecule has 5 nitrogen and oxygen atoms in total. The lowest BCUT2D eigenvalue weighted by Gasteiger charge is -2.26. The molecule has 0 aromatic rings. The lowest BCUT2D eigenvalue weighted by molar-refractivity contribution is 0.339. The van der Waals surface area contributed by atoms with Gasteiger partial charge in [-0.3, -0.25) is 0 Å². The van der Waals surface area contributed by atoms with Crippen molar-refractivity contribution in [2.24, 2.45) is 0 Å². The van der Waals surface area contributed by atoms with Gasteiger partial charge < -0.3 is 4.90 Å². The van der Waals surface area contributed by atoms with Gasteiger partial charge in [-0.15, -0.1) is 0 Å². The molecule has 0 aromatic carbocycles. The Bertz CT molecular complexity index is 369. The van der Waals surface area contributed by atoms with Crippen molar-refractivity contribution in [1.82, 2.24) is 9.21 Å². The summed E-state index contributed by atoms with van der Waals surface area (Å²) in [5.74, 6) is 0.212. The predicted molar refractivity (Wildman–Crippen MR) is 71.2 cm³/mol. The van der Waals surface area contributed by atoms with Gasteiger partial charge in [0.15, 0.2) is 0 Å². The van der Waals surface area contributed by atoms with Crippen molar-refractivity contribution < 1.29 is 8.42 Å². The van der Waals surface area contributed by atoms with E-state index in [2.05, 4.69) is 12.5 Å². The highest BCUT2D eigenvalue weighted by atomic mass is 32.2. The third kappa shape index (κ3) is 5.34. The van der Waals surface area contributed by atoms with Crippen LogP contribution in [0.15, 0.2) is 0 Å². The summed E-state index contributed by atoms with van der Waals surface area (Å²) in [5, 5.41) is 8.46. The van der Waals surface area contributed by atoms with Gasteiger partial charge >= 0.3 is 0 Å². The first-order valence-electron chi connectivity index (χ1n) is 6.41. The van der Waals surface area contributed by atoms with Crippen molar-refractivity contribution >= 4 is 10.0 Å². The van der Waals surface area contributed by atoms with E-state index in [0.29, 0.717) is 32.5 Å². The SMILES string of the molecule is CN(CCC#N)CCCS(=O)(=O)N1CC[CH]CC1. The van der Waals surface area contributed by atoms with Crippen LogP contribution in [0.4, 0.5) is 0 Å². The lowest BCUT2D eigenvalue weighted by atomic mass is 10.2. The van der Waals surface area contributed by atoms with Gasteiger partial charge in [0.05, 0.1) is 11.8 Å². The maximum absolute atomic E-state index is 12.0. The minimum atomic E-state index is -3.08. The number of piperidine rings is 1. The molecule has 1 fully saturated rings. The summed E-state index contributed by atoms with van der Waals surface area (Å²) in [6, 6.07) is 2.09. The third-order valence-electron chi connectivity index (χ3n) is 3.11. The smallest absolute Gasteiger partial charge is 0.214 e. The summed E-state index contributed by atoms with van der Waals surface area (Å²) in [4.78, 5) is 2.00. The summed E-state index contributed by atoms with van der Waals surface area (Å²) in [5.41, 5.74) is 0. The molecule has 0 unspecified atom stereocenters. The molecule has 103 valence electrons. The maximum Gasteiger partial charge on any atom is 0.214 e. The molecule has 0 bridgehead atoms. The Morgan fingerprint density at radius 2 is 2.00 bits per heavy atom. The van der Waals surface area contributed by atoms with Crippen LogP contribution < -0.4 is 0 Å². The number of rotatable bonds is 7. The van der Waals surface area contributed by atoms with Gasteiger partial charge in [0.1, 0.15) is 0 Å². The average molecular weight is 272 g/mol. The number of nitrogens with zero attached hydrogens (tertiary/aromatic N) is 3. The normalized spacial score (nSPS) is 17.8. The molecule has 1 aliphatic rings. The van der Waals surface area contributed by atoms with Crippen molar-refractivity contribution in [3.63, 3.8) is 0 Å². The largest absolute Gasteiger partial charge is 0.305 e. The first-order chi connectivity index (χ1) is 8.56. The Morgan fingerprint density at radius 3 is 2.61 bits per heavy atom. The summed E-state index contributed by atoms with van der Waals surface area (Å²) in [6.07, 6.45) is 4.99. The highest BCUT2D eigenvalue weighted by molar-refractivity contribution is 7.89. The molecule has 1 rings (SSSR count). The second-order valence-corrected chi connectivity index (χ2v) is 6.73. The van der Waals surface area contributed by atoms with Crippen LogP contribution in [0.25, 0.3) is 0 Å². The van der Waals surface area contributed by atoms with Crippen LogP contribution in [0.3, 0.4) is 0 Å². The fraction of sp³-hybridized carbons (Fsp3) is 0.833. The summed E-state index contributed by atoms with van der Waals surface area (Å²) < 4.78 is 25.6. The molecule has 0 spiro atoms. The second-order valence-electron chi connectivity index (χ2n) is 4.65. The molecular formula is C12H22N3O2S. The molecule has 0 saturated carbocycles. The minimum absolute atomic E-state index is 0.212. The fourth-order valence-corrected chi connectivity index (χ4v) is 3.52. The highest BCUT2D eigenvalue weighted by Crippen LogP contribution is 2.13. The first kappa shape index (κ1) is 15.4. The monoisotopic (exact) mass is 272 g/mol. The summed E-state index contributed by atoms with van der Waals surface area (Å²) >= 11 is 0. The molecule has 18 heavy (non-hydrogen) atoms. The van der Waals surface area contributed by atoms with Gasteiger partial charge in [0.2, 0.25) is 10.0 Å². The Labute approximate surface area is 110 Å². The van der Waals surface area contributed by atoms with Gasteiger partial charge in [-0.25, -0.2) is 12.7 Å². The van der Waals surface area contributed by atoms with E-state index in [1.807, 2.05) is 11.9 Å². The van der Waals surface area contributed by atoms with Crippen LogP contribution in [0.2, 0.25) is 0 Å². The van der Waals surface area contributed by atoms with Crippen LogP contribution in [0.5, 0.6) is 0 Å². The van der Waals surface area contributed by atoms with E-state index in [-0.39, 0.29) is 5.75 Å². The second kappa shape index (κ2) is 7.72. The van der Waals surface area contributed by atoms with Gasteiger partial charge in [-0.05, 0) is 39.3 Å². The summed E-state index contributed by atoms with van der Waals surface area (Å²) in [6.45, 7) is 2.69. The van der Waals surface area contributed by atoms with Crippen LogP contribution in [-0.4, -0.2) is 56.6 Å². The molecule has 6 heteroatoms. The number of hydrogen-bond donors (Lipinski definition) is 0. The maximum atomic E-state index is 12.0. The minimum Gasteiger partial charge on any atom is -0.305 e. The molecule has 1 aliphatic heterocycles. The molecule has 0 aromatic heterocycles. The third-order valence-corrected chi connectivity index (χ3v) is 5.06. The van der Waals surface area contributed by atoms with E-state index in [0.717, 1.165) is 19.4 Å². The van der Waals surface area contributed by atoms with Crippen molar-refractivity contribution in [2.75, 3.05) is 39.0 Å². The molecule has 0 atom stereocenters. The van der Waals surface area contributed by atoms with E-state index in [1.165, 1.54) is 0 Å². The lowest BCUT2D eigenvalue weighted by Crippen LogP contribution is -2.38. The predicted octanol–water partition coefficient (Wildman–Crippen LogP) is 0.852. The highest BCUT2D eigenvalue weighted by Gasteiger charge is 2.23. The van der Waals surface area contributed by atoms with Crippen molar-refractivity contribution in [3.05, 3.63) is 6.42 Å². The Hall–Kier alpha value is -0.640. The molecule has 0 N–H and O–H groups in total. The van der Waals surface area contributed by atoms with E-state index in [4.69, 9.17) is 5.26 Å². The summed E-state index contributed by atoms with van der Waals surface area (Å²) in [7, 11) is -1.16. The van der Waals surface area contributed by atoms with Crippen molar-refractivity contribution in [3.8, 4) is 6.07 Å². The molecular weight excluding hydrogens is 250 g/mol. The zero-order valence-corrected chi connectivity index (χ0v) is 11.8. The molecule has 0 amide bonds. The standard InChI is InChI=1S/C12H22N3O2S/c1-14(8-5-7-13)9-6-12-18(16,17)15-10-3-2-4-11-15/h2H,3-6,8-12H2,1H3. The van der Waals surface area contributed by atoms with E-state index >= 15 is 0 Å². The van der Waals surface area contributed by atoms with Gasteiger partial charge in [-0.2, -0.15) is 5.26 Å². The van der Waals surface area contributed by atoms with E-state index in [1.54, 1.807) is 4.31 Å². The van der Waals surface area contributed by atoms with Gasteiger partial charge in [-0.1, -0.05) is 0 Å². The first-order valence-corrected chi connectivity index (χ1v) is 8.02. The zero-order valence-electron chi connectivity index (χ0n) is 11.0. The Morgan fingerprint density at radius 1 is 1.33 bits per heavy atom. The Balaban J connectivity index is 2.26. The fourth-order valence-electron chi connectivity index (χ4n) is 2.00. The topological polar surface area (TPSA) is 64.4 Å². The quantitative estimate of drug-likeness (QED) is 0.689. The van der Waals surface area contributed by atoms with Crippen LogP contribution in [0, 0.1) is 17.8 Å². The molecule has 1 heterocycles. The van der Waals surface area contributed by atoms with Crippen LogP contribution in [-0.2, 0) is 10.0 Å². The van der Waals surface area contributed by atoms with Gasteiger partial charge in [0, 0.05) is 26.1 Å². The van der Waals surface area contributed by atoms with Crippen LogP contribution in [0.1, 0.15) is 25.7 Å². The van der Waals surface area contributed by atoms with E-state index in [9.17, 15) is 8.42 Å². The van der Waals surface area contributed by atoms with Crippen molar-refractivity contribution in [1.29, 1.82) is 5.26 Å². The molecule has 1 radical (unpaired) electrons. The van der Waals surface area contributed by atoms with Crippen LogP contribution >= 0.6 is 0 Å². The zero-order chi connectivity index (χ0) is 13.4. The van der Waals surface area contributed by atoms with Crippen molar-refractivity contribution in [2.45, 2.75) is 25.7 Å².